The molecule has 10 nitrogen and oxygen atoms in total. The molecule has 36 heavy (non-hydrogen) atoms. The Balaban J connectivity index is 2.18. The van der Waals surface area contributed by atoms with E-state index in [4.69, 9.17) is 4.74 Å². The molecule has 3 atom stereocenters. The highest BCUT2D eigenvalue weighted by Crippen LogP contribution is 2.24. The van der Waals surface area contributed by atoms with Gasteiger partial charge < -0.3 is 14.8 Å². The van der Waals surface area contributed by atoms with Crippen molar-refractivity contribution < 1.29 is 33.4 Å². The average Bonchev–Trinajstić information content (AvgIpc) is 3.29. The molecule has 2 N–H and O–H groups in total. The van der Waals surface area contributed by atoms with Gasteiger partial charge >= 0.3 is 12.1 Å². The number of ether oxygens (including phenoxy) is 2. The van der Waals surface area contributed by atoms with E-state index in [-0.39, 0.29) is 12.3 Å². The van der Waals surface area contributed by atoms with Gasteiger partial charge in [0.25, 0.3) is 5.78 Å². The van der Waals surface area contributed by atoms with Gasteiger partial charge in [-0.15, -0.1) is 0 Å². The summed E-state index contributed by atoms with van der Waals surface area (Å²) in [6.07, 6.45) is 0.458. The van der Waals surface area contributed by atoms with Crippen molar-refractivity contribution in [1.82, 2.24) is 15.5 Å². The monoisotopic (exact) mass is 503 g/mol. The predicted octanol–water partition coefficient (Wildman–Crippen LogP) is 2.00. The molecule has 0 spiro atoms. The number of carbonyl (C=O) groups excluding carboxylic acids is 5. The third kappa shape index (κ3) is 8.15. The Kier molecular flexibility index (Phi) is 10.2. The number of rotatable bonds is 9. The molecule has 2 rings (SSSR count). The summed E-state index contributed by atoms with van der Waals surface area (Å²) in [6.45, 7) is 8.98. The highest BCUT2D eigenvalue weighted by molar-refractivity contribution is 6.35. The molecule has 0 radical (unpaired) electrons. The quantitative estimate of drug-likeness (QED) is 0.386. The molecule has 1 fully saturated rings. The van der Waals surface area contributed by atoms with Crippen molar-refractivity contribution in [2.75, 3.05) is 13.7 Å². The van der Waals surface area contributed by atoms with E-state index in [1.807, 2.05) is 30.3 Å². The van der Waals surface area contributed by atoms with Crippen LogP contribution >= 0.6 is 0 Å². The number of nitrogens with one attached hydrogen (secondary N) is 2. The number of esters is 1. The van der Waals surface area contributed by atoms with E-state index in [0.717, 1.165) is 12.7 Å². The maximum Gasteiger partial charge on any atom is 0.408 e. The number of nitrogens with zero attached hydrogens (tertiary/aromatic N) is 1. The normalized spacial score (nSPS) is 17.7. The van der Waals surface area contributed by atoms with E-state index < -0.39 is 53.4 Å². The van der Waals surface area contributed by atoms with Gasteiger partial charge in [0.05, 0.1) is 19.2 Å². The molecule has 0 saturated carbocycles. The molecule has 0 aromatic heterocycles. The van der Waals surface area contributed by atoms with Gasteiger partial charge in [0.15, 0.2) is 0 Å². The fourth-order valence-electron chi connectivity index (χ4n) is 4.13. The summed E-state index contributed by atoms with van der Waals surface area (Å²) in [6, 6.07) is 6.44. The molecular formula is C26H37N3O7. The van der Waals surface area contributed by atoms with Crippen LogP contribution in [0.3, 0.4) is 0 Å². The van der Waals surface area contributed by atoms with Gasteiger partial charge in [-0.05, 0) is 58.1 Å². The summed E-state index contributed by atoms with van der Waals surface area (Å²) < 4.78 is 9.89. The lowest BCUT2D eigenvalue weighted by atomic mass is 9.99. The Morgan fingerprint density at radius 2 is 1.72 bits per heavy atom. The summed E-state index contributed by atoms with van der Waals surface area (Å²) in [5, 5.41) is 4.91. The summed E-state index contributed by atoms with van der Waals surface area (Å²) in [7, 11) is 1.14. The van der Waals surface area contributed by atoms with Crippen LogP contribution in [0.2, 0.25) is 0 Å². The smallest absolute Gasteiger partial charge is 0.408 e. The number of alkyl carbamates (subject to hydrolysis) is 1. The zero-order valence-corrected chi connectivity index (χ0v) is 21.8. The first kappa shape index (κ1) is 29.0. The number of hydrogen-bond donors (Lipinski definition) is 2. The first-order valence-corrected chi connectivity index (χ1v) is 12.1. The lowest BCUT2D eigenvalue weighted by molar-refractivity contribution is -0.154. The van der Waals surface area contributed by atoms with Crippen molar-refractivity contribution in [3.8, 4) is 0 Å². The highest BCUT2D eigenvalue weighted by atomic mass is 16.6. The summed E-state index contributed by atoms with van der Waals surface area (Å²) in [4.78, 5) is 65.0. The van der Waals surface area contributed by atoms with Gasteiger partial charge in [-0.25, -0.2) is 9.59 Å². The Bertz CT molecular complexity index is 956. The first-order chi connectivity index (χ1) is 16.8. The first-order valence-electron chi connectivity index (χ1n) is 12.1. The van der Waals surface area contributed by atoms with E-state index in [0.29, 0.717) is 19.4 Å². The minimum Gasteiger partial charge on any atom is -0.463 e. The van der Waals surface area contributed by atoms with E-state index in [1.54, 1.807) is 39.5 Å². The van der Waals surface area contributed by atoms with E-state index in [9.17, 15) is 24.0 Å². The molecule has 1 aliphatic heterocycles. The topological polar surface area (TPSA) is 131 Å². The van der Waals surface area contributed by atoms with Crippen LogP contribution in [-0.2, 0) is 35.1 Å². The second kappa shape index (κ2) is 12.6. The average molecular weight is 504 g/mol. The SMILES string of the molecule is COC(=O)C(=O)C(Cc1ccccc1)N1CCC[C@H]1C(=O)NC(=O)[C@@H](NC(=O)OC(C)(C)C)C(C)C. The van der Waals surface area contributed by atoms with Gasteiger partial charge in [-0.3, -0.25) is 24.6 Å². The number of hydrogen-bond acceptors (Lipinski definition) is 8. The van der Waals surface area contributed by atoms with Crippen molar-refractivity contribution in [2.24, 2.45) is 5.92 Å². The number of carbonyl (C=O) groups is 5. The molecule has 1 saturated heterocycles. The number of Topliss-reactive ketones (excluding diaryl/α,β-unsaturated/α-hetero) is 1. The molecule has 1 heterocycles. The number of benzene rings is 1. The maximum absolute atomic E-state index is 13.2. The van der Waals surface area contributed by atoms with Crippen LogP contribution in [0.4, 0.5) is 4.79 Å². The lowest BCUT2D eigenvalue weighted by Crippen LogP contribution is -2.57. The largest absolute Gasteiger partial charge is 0.463 e. The van der Waals surface area contributed by atoms with Crippen LogP contribution in [0.5, 0.6) is 0 Å². The molecule has 10 heteroatoms. The molecule has 0 aliphatic carbocycles. The molecule has 3 amide bonds. The molecule has 1 aromatic carbocycles. The minimum atomic E-state index is -1.00. The lowest BCUT2D eigenvalue weighted by Gasteiger charge is -2.31. The van der Waals surface area contributed by atoms with Crippen LogP contribution in [-0.4, -0.2) is 71.9 Å². The van der Waals surface area contributed by atoms with Gasteiger partial charge in [-0.1, -0.05) is 44.2 Å². The second-order valence-corrected chi connectivity index (χ2v) is 10.2. The Morgan fingerprint density at radius 1 is 1.08 bits per heavy atom. The van der Waals surface area contributed by atoms with Crippen LogP contribution < -0.4 is 10.6 Å². The molecule has 1 aliphatic rings. The molecule has 1 aromatic rings. The summed E-state index contributed by atoms with van der Waals surface area (Å²) in [5.74, 6) is -3.33. The third-order valence-electron chi connectivity index (χ3n) is 5.83. The van der Waals surface area contributed by atoms with Gasteiger partial charge in [0.1, 0.15) is 11.6 Å². The highest BCUT2D eigenvalue weighted by Gasteiger charge is 2.42. The third-order valence-corrected chi connectivity index (χ3v) is 5.83. The van der Waals surface area contributed by atoms with E-state index >= 15 is 0 Å². The predicted molar refractivity (Wildman–Crippen MR) is 132 cm³/mol. The second-order valence-electron chi connectivity index (χ2n) is 10.2. The number of amides is 3. The zero-order valence-electron chi connectivity index (χ0n) is 21.8. The number of likely N-dealkylation sites (tertiary alicyclic amines) is 1. The molecule has 1 unspecified atom stereocenters. The van der Waals surface area contributed by atoms with Crippen molar-refractivity contribution in [3.63, 3.8) is 0 Å². The van der Waals surface area contributed by atoms with E-state index in [2.05, 4.69) is 15.4 Å². The Hall–Kier alpha value is -3.27. The minimum absolute atomic E-state index is 0.210. The summed E-state index contributed by atoms with van der Waals surface area (Å²) in [5.41, 5.74) is 0.0747. The standard InChI is InChI=1S/C26H37N3O7/c1-16(2)20(27-25(34)36-26(3,4)5)23(32)28-22(31)18-13-10-14-29(18)19(21(30)24(33)35-6)15-17-11-8-7-9-12-17/h7-9,11-12,16,18-20H,10,13-15H2,1-6H3,(H,27,34)(H,28,31,32)/t18-,19?,20-/m0/s1. The molecule has 0 bridgehead atoms. The van der Waals surface area contributed by atoms with Crippen LogP contribution in [0.1, 0.15) is 53.0 Å². The molecule has 198 valence electrons. The van der Waals surface area contributed by atoms with Gasteiger partial charge in [0, 0.05) is 0 Å². The number of methoxy groups -OCH3 is 1. The van der Waals surface area contributed by atoms with Crippen LogP contribution in [0.25, 0.3) is 0 Å². The zero-order chi connectivity index (χ0) is 27.0. The van der Waals surface area contributed by atoms with Crippen LogP contribution in [0.15, 0.2) is 30.3 Å². The van der Waals surface area contributed by atoms with Gasteiger partial charge in [-0.2, -0.15) is 0 Å². The van der Waals surface area contributed by atoms with Crippen molar-refractivity contribution in [3.05, 3.63) is 35.9 Å². The van der Waals surface area contributed by atoms with E-state index in [1.165, 1.54) is 0 Å². The van der Waals surface area contributed by atoms with Crippen molar-refractivity contribution in [1.29, 1.82) is 0 Å². The maximum atomic E-state index is 13.2. The van der Waals surface area contributed by atoms with Gasteiger partial charge in [0.2, 0.25) is 11.8 Å². The number of imide groups is 1. The Morgan fingerprint density at radius 3 is 2.28 bits per heavy atom. The Labute approximate surface area is 212 Å². The molecular weight excluding hydrogens is 466 g/mol. The van der Waals surface area contributed by atoms with Crippen LogP contribution in [0, 0.1) is 5.92 Å². The number of ketones is 1. The van der Waals surface area contributed by atoms with Crippen molar-refractivity contribution in [2.45, 2.75) is 77.6 Å². The fraction of sp³-hybridized carbons (Fsp3) is 0.577. The van der Waals surface area contributed by atoms with Crippen molar-refractivity contribution >= 4 is 29.7 Å². The fourth-order valence-corrected chi connectivity index (χ4v) is 4.13. The summed E-state index contributed by atoms with van der Waals surface area (Å²) >= 11 is 0.